The Kier molecular flexibility index (Phi) is 7.27. The van der Waals surface area contributed by atoms with Crippen LogP contribution in [0.2, 0.25) is 0 Å². The smallest absolute Gasteiger partial charge is 0.290 e. The molecule has 2 aromatic carbocycles. The van der Waals surface area contributed by atoms with Crippen molar-refractivity contribution in [1.29, 1.82) is 0 Å². The Labute approximate surface area is 212 Å². The summed E-state index contributed by atoms with van der Waals surface area (Å²) in [7, 11) is 3.84. The van der Waals surface area contributed by atoms with Crippen LogP contribution in [0.5, 0.6) is 0 Å². The van der Waals surface area contributed by atoms with Crippen molar-refractivity contribution in [2.75, 3.05) is 27.2 Å². The molecule has 0 aliphatic carbocycles. The molecule has 2 heterocycles. The van der Waals surface area contributed by atoms with E-state index in [0.29, 0.717) is 40.7 Å². The molecule has 3 aromatic rings. The summed E-state index contributed by atoms with van der Waals surface area (Å²) in [4.78, 5) is 45.9. The van der Waals surface area contributed by atoms with Crippen LogP contribution in [0.25, 0.3) is 10.6 Å². The number of hydrogen-bond donors (Lipinski definition) is 1. The molecule has 1 unspecified atom stereocenters. The van der Waals surface area contributed by atoms with Crippen LogP contribution in [0.1, 0.15) is 33.4 Å². The SMILES string of the molecule is Cc1nc(-c2ccccc2)sc1C(=O)C1=C(O)C(=O)N(CCCN(C)C)C1c1ccc([N+](=O)[O-])cc1. The number of nitrogens with zero attached hydrogens (tertiary/aromatic N) is 4. The van der Waals surface area contributed by atoms with Crippen molar-refractivity contribution in [3.8, 4) is 10.6 Å². The number of carbonyl (C=O) groups is 2. The third-order valence-corrected chi connectivity index (χ3v) is 7.20. The molecule has 0 bridgehead atoms. The van der Waals surface area contributed by atoms with E-state index >= 15 is 0 Å². The predicted octanol–water partition coefficient (Wildman–Crippen LogP) is 4.56. The lowest BCUT2D eigenvalue weighted by Crippen LogP contribution is -2.33. The number of ketones is 1. The van der Waals surface area contributed by atoms with E-state index in [4.69, 9.17) is 0 Å². The molecule has 0 saturated heterocycles. The van der Waals surface area contributed by atoms with Gasteiger partial charge in [-0.15, -0.1) is 11.3 Å². The zero-order valence-electron chi connectivity index (χ0n) is 20.2. The van der Waals surface area contributed by atoms with Crippen LogP contribution >= 0.6 is 11.3 Å². The van der Waals surface area contributed by atoms with E-state index in [1.54, 1.807) is 6.92 Å². The van der Waals surface area contributed by atoms with Crippen LogP contribution in [-0.2, 0) is 4.79 Å². The van der Waals surface area contributed by atoms with Crippen LogP contribution in [0.3, 0.4) is 0 Å². The highest BCUT2D eigenvalue weighted by Gasteiger charge is 2.44. The second-order valence-electron chi connectivity index (χ2n) is 8.80. The van der Waals surface area contributed by atoms with Crippen LogP contribution in [0.15, 0.2) is 65.9 Å². The summed E-state index contributed by atoms with van der Waals surface area (Å²) in [5.41, 5.74) is 1.74. The Balaban J connectivity index is 1.75. The van der Waals surface area contributed by atoms with Gasteiger partial charge in [-0.2, -0.15) is 0 Å². The molecule has 1 aromatic heterocycles. The Bertz CT molecular complexity index is 1330. The van der Waals surface area contributed by atoms with E-state index in [1.165, 1.54) is 40.5 Å². The third-order valence-electron chi connectivity index (χ3n) is 6.00. The number of nitro groups is 1. The monoisotopic (exact) mass is 506 g/mol. The molecule has 1 aliphatic rings. The summed E-state index contributed by atoms with van der Waals surface area (Å²) < 4.78 is 0. The van der Waals surface area contributed by atoms with Crippen molar-refractivity contribution >= 4 is 28.7 Å². The average Bonchev–Trinajstić information content (AvgIpc) is 3.37. The number of non-ortho nitro benzene ring substituents is 1. The summed E-state index contributed by atoms with van der Waals surface area (Å²) in [5, 5.41) is 22.7. The molecule has 10 heteroatoms. The third kappa shape index (κ3) is 4.91. The molecule has 0 spiro atoms. The Morgan fingerprint density at radius 2 is 1.83 bits per heavy atom. The van der Waals surface area contributed by atoms with E-state index in [-0.39, 0.29) is 11.3 Å². The predicted molar refractivity (Wildman–Crippen MR) is 137 cm³/mol. The van der Waals surface area contributed by atoms with Crippen molar-refractivity contribution in [3.63, 3.8) is 0 Å². The van der Waals surface area contributed by atoms with Gasteiger partial charge in [-0.25, -0.2) is 4.98 Å². The number of rotatable bonds is 9. The topological polar surface area (TPSA) is 117 Å². The number of aryl methyl sites for hydroxylation is 1. The molecule has 1 atom stereocenters. The van der Waals surface area contributed by atoms with E-state index < -0.39 is 28.4 Å². The number of aliphatic hydroxyl groups is 1. The van der Waals surface area contributed by atoms with Crippen LogP contribution in [-0.4, -0.2) is 63.7 Å². The van der Waals surface area contributed by atoms with E-state index in [0.717, 1.165) is 5.56 Å². The molecular formula is C26H26N4O5S. The second-order valence-corrected chi connectivity index (χ2v) is 9.80. The van der Waals surface area contributed by atoms with Crippen molar-refractivity contribution in [2.24, 2.45) is 0 Å². The maximum absolute atomic E-state index is 13.8. The fourth-order valence-electron chi connectivity index (χ4n) is 4.23. The van der Waals surface area contributed by atoms with E-state index in [1.807, 2.05) is 49.3 Å². The quantitative estimate of drug-likeness (QED) is 0.257. The van der Waals surface area contributed by atoms with Gasteiger partial charge in [0.1, 0.15) is 5.01 Å². The number of hydrogen-bond acceptors (Lipinski definition) is 8. The molecule has 9 nitrogen and oxygen atoms in total. The highest BCUT2D eigenvalue weighted by atomic mass is 32.1. The first kappa shape index (κ1) is 25.2. The van der Waals surface area contributed by atoms with Gasteiger partial charge in [0.2, 0.25) is 5.78 Å². The van der Waals surface area contributed by atoms with Gasteiger partial charge in [-0.3, -0.25) is 19.7 Å². The van der Waals surface area contributed by atoms with Crippen molar-refractivity contribution in [2.45, 2.75) is 19.4 Å². The molecule has 186 valence electrons. The number of thiazole rings is 1. The highest BCUT2D eigenvalue weighted by Crippen LogP contribution is 2.41. The summed E-state index contributed by atoms with van der Waals surface area (Å²) in [6.07, 6.45) is 0.620. The lowest BCUT2D eigenvalue weighted by atomic mass is 9.95. The molecular weight excluding hydrogens is 480 g/mol. The normalized spacial score (nSPS) is 15.7. The second kappa shape index (κ2) is 10.4. The van der Waals surface area contributed by atoms with Crippen molar-refractivity contribution in [3.05, 3.63) is 92.2 Å². The van der Waals surface area contributed by atoms with Crippen LogP contribution < -0.4 is 0 Å². The first-order valence-corrected chi connectivity index (χ1v) is 12.2. The first-order chi connectivity index (χ1) is 17.2. The van der Waals surface area contributed by atoms with Gasteiger partial charge >= 0.3 is 0 Å². The molecule has 1 amide bonds. The first-order valence-electron chi connectivity index (χ1n) is 11.4. The number of benzene rings is 2. The fraction of sp³-hybridized carbons (Fsp3) is 0.269. The van der Waals surface area contributed by atoms with Crippen molar-refractivity contribution < 1.29 is 19.6 Å². The van der Waals surface area contributed by atoms with Gasteiger partial charge in [0.25, 0.3) is 11.6 Å². The highest BCUT2D eigenvalue weighted by molar-refractivity contribution is 7.17. The average molecular weight is 507 g/mol. The largest absolute Gasteiger partial charge is 0.503 e. The van der Waals surface area contributed by atoms with Crippen LogP contribution in [0, 0.1) is 17.0 Å². The summed E-state index contributed by atoms with van der Waals surface area (Å²) in [5.74, 6) is -1.70. The molecule has 36 heavy (non-hydrogen) atoms. The van der Waals surface area contributed by atoms with Gasteiger partial charge in [0.05, 0.1) is 27.1 Å². The number of carbonyl (C=O) groups excluding carboxylic acids is 2. The zero-order chi connectivity index (χ0) is 26.0. The standard InChI is InChI=1S/C26H26N4O5S/c1-16-24(36-25(27-16)18-8-5-4-6-9-18)22(31)20-21(17-10-12-19(13-11-17)30(34)35)29(26(33)23(20)32)15-7-14-28(2)3/h4-6,8-13,21,32H,7,14-15H2,1-3H3. The lowest BCUT2D eigenvalue weighted by molar-refractivity contribution is -0.384. The maximum Gasteiger partial charge on any atom is 0.290 e. The number of Topliss-reactive ketones (excluding diaryl/α,β-unsaturated/α-hetero) is 1. The van der Waals surface area contributed by atoms with E-state index in [2.05, 4.69) is 4.98 Å². The molecule has 4 rings (SSSR count). The summed E-state index contributed by atoms with van der Waals surface area (Å²) >= 11 is 1.21. The van der Waals surface area contributed by atoms with E-state index in [9.17, 15) is 24.8 Å². The minimum atomic E-state index is -0.866. The molecule has 1 aliphatic heterocycles. The Morgan fingerprint density at radius 1 is 1.17 bits per heavy atom. The van der Waals surface area contributed by atoms with Crippen LogP contribution in [0.4, 0.5) is 5.69 Å². The maximum atomic E-state index is 13.8. The van der Waals surface area contributed by atoms with Gasteiger partial charge in [0, 0.05) is 24.2 Å². The molecule has 1 N–H and O–H groups in total. The summed E-state index contributed by atoms with van der Waals surface area (Å²) in [6, 6.07) is 14.3. The zero-order valence-corrected chi connectivity index (χ0v) is 21.0. The summed E-state index contributed by atoms with van der Waals surface area (Å²) in [6.45, 7) is 2.73. The number of aliphatic hydroxyl groups excluding tert-OH is 1. The minimum absolute atomic E-state index is 0.0370. The fourth-order valence-corrected chi connectivity index (χ4v) is 5.26. The minimum Gasteiger partial charge on any atom is -0.503 e. The number of amides is 1. The van der Waals surface area contributed by atoms with Gasteiger partial charge in [0.15, 0.2) is 5.76 Å². The molecule has 0 fully saturated rings. The lowest BCUT2D eigenvalue weighted by Gasteiger charge is -2.27. The van der Waals surface area contributed by atoms with Gasteiger partial charge in [-0.05, 0) is 51.7 Å². The van der Waals surface area contributed by atoms with Gasteiger partial charge in [-0.1, -0.05) is 30.3 Å². The van der Waals surface area contributed by atoms with Crippen molar-refractivity contribution in [1.82, 2.24) is 14.8 Å². The number of aromatic nitrogens is 1. The number of nitro benzene ring substituents is 1. The Morgan fingerprint density at radius 3 is 2.44 bits per heavy atom. The van der Waals surface area contributed by atoms with Gasteiger partial charge < -0.3 is 14.9 Å². The Hall–Kier alpha value is -3.89. The molecule has 0 radical (unpaired) electrons. The molecule has 0 saturated carbocycles.